The second kappa shape index (κ2) is 6.18. The summed E-state index contributed by atoms with van der Waals surface area (Å²) in [6, 6.07) is 11.5. The molecule has 0 saturated heterocycles. The van der Waals surface area contributed by atoms with E-state index in [0.29, 0.717) is 11.6 Å². The van der Waals surface area contributed by atoms with E-state index in [0.717, 1.165) is 27.6 Å². The van der Waals surface area contributed by atoms with Crippen LogP contribution in [0, 0.1) is 6.92 Å². The van der Waals surface area contributed by atoms with Gasteiger partial charge in [-0.2, -0.15) is 0 Å². The molecule has 2 rings (SSSR count). The average molecular weight is 296 g/mol. The fourth-order valence-corrected chi connectivity index (χ4v) is 2.18. The van der Waals surface area contributed by atoms with Crippen molar-refractivity contribution in [2.24, 2.45) is 0 Å². The molecular weight excluding hydrogens is 281 g/mol. The maximum absolute atomic E-state index is 6.08. The summed E-state index contributed by atoms with van der Waals surface area (Å²) in [5.41, 5.74) is 3.04. The summed E-state index contributed by atoms with van der Waals surface area (Å²) >= 11 is 12.0. The van der Waals surface area contributed by atoms with E-state index in [1.54, 1.807) is 7.11 Å². The zero-order valence-corrected chi connectivity index (χ0v) is 12.3. The highest BCUT2D eigenvalue weighted by atomic mass is 35.5. The number of ether oxygens (including phenoxy) is 1. The topological polar surface area (TPSA) is 21.3 Å². The molecule has 0 spiro atoms. The van der Waals surface area contributed by atoms with E-state index < -0.39 is 0 Å². The molecule has 4 heteroatoms. The zero-order chi connectivity index (χ0) is 13.8. The highest BCUT2D eigenvalue weighted by molar-refractivity contribution is 6.31. The highest BCUT2D eigenvalue weighted by Crippen LogP contribution is 2.31. The summed E-state index contributed by atoms with van der Waals surface area (Å²) in [7, 11) is 1.63. The number of hydrogen-bond donors (Lipinski definition) is 1. The molecule has 0 radical (unpaired) electrons. The molecule has 0 unspecified atom stereocenters. The first-order valence-corrected chi connectivity index (χ1v) is 6.68. The normalized spacial score (nSPS) is 10.3. The molecular formula is C15H15Cl2NO. The average Bonchev–Trinajstić information content (AvgIpc) is 2.39. The van der Waals surface area contributed by atoms with Crippen LogP contribution in [-0.2, 0) is 6.54 Å². The SMILES string of the molecule is COc1cc(Cl)c(C)cc1NCc1cccc(Cl)c1. The van der Waals surface area contributed by atoms with Gasteiger partial charge < -0.3 is 10.1 Å². The van der Waals surface area contributed by atoms with Gasteiger partial charge >= 0.3 is 0 Å². The molecule has 0 fully saturated rings. The van der Waals surface area contributed by atoms with Gasteiger partial charge in [0.05, 0.1) is 12.8 Å². The molecule has 19 heavy (non-hydrogen) atoms. The van der Waals surface area contributed by atoms with Gasteiger partial charge in [0.1, 0.15) is 5.75 Å². The lowest BCUT2D eigenvalue weighted by molar-refractivity contribution is 0.416. The summed E-state index contributed by atoms with van der Waals surface area (Å²) in [6.45, 7) is 2.64. The molecule has 0 saturated carbocycles. The third-order valence-electron chi connectivity index (χ3n) is 2.85. The summed E-state index contributed by atoms with van der Waals surface area (Å²) in [5, 5.41) is 4.77. The van der Waals surface area contributed by atoms with Gasteiger partial charge in [0, 0.05) is 22.7 Å². The zero-order valence-electron chi connectivity index (χ0n) is 10.8. The molecule has 0 aliphatic heterocycles. The van der Waals surface area contributed by atoms with Gasteiger partial charge in [0.2, 0.25) is 0 Å². The molecule has 0 bridgehead atoms. The summed E-state index contributed by atoms with van der Waals surface area (Å²) in [5.74, 6) is 0.734. The number of halogens is 2. The van der Waals surface area contributed by atoms with Crippen LogP contribution in [0.25, 0.3) is 0 Å². The number of methoxy groups -OCH3 is 1. The van der Waals surface area contributed by atoms with Crippen molar-refractivity contribution in [3.05, 3.63) is 57.6 Å². The molecule has 2 aromatic carbocycles. The summed E-state index contributed by atoms with van der Waals surface area (Å²) in [4.78, 5) is 0. The van der Waals surface area contributed by atoms with Crippen molar-refractivity contribution in [3.8, 4) is 5.75 Å². The van der Waals surface area contributed by atoms with Crippen LogP contribution in [0.5, 0.6) is 5.75 Å². The fourth-order valence-electron chi connectivity index (χ4n) is 1.81. The minimum atomic E-state index is 0.679. The van der Waals surface area contributed by atoms with Gasteiger partial charge in [-0.25, -0.2) is 0 Å². The van der Waals surface area contributed by atoms with Crippen molar-refractivity contribution in [3.63, 3.8) is 0 Å². The van der Waals surface area contributed by atoms with Crippen molar-refractivity contribution >= 4 is 28.9 Å². The standard InChI is InChI=1S/C15H15Cl2NO/c1-10-6-14(15(19-2)8-13(10)17)18-9-11-4-3-5-12(16)7-11/h3-8,18H,9H2,1-2H3. The number of benzene rings is 2. The van der Waals surface area contributed by atoms with Gasteiger partial charge in [0.15, 0.2) is 0 Å². The molecule has 0 amide bonds. The first-order chi connectivity index (χ1) is 9.10. The van der Waals surface area contributed by atoms with Crippen LogP contribution in [-0.4, -0.2) is 7.11 Å². The molecule has 100 valence electrons. The van der Waals surface area contributed by atoms with Gasteiger partial charge in [0.25, 0.3) is 0 Å². The Morgan fingerprint density at radius 3 is 2.63 bits per heavy atom. The first-order valence-electron chi connectivity index (χ1n) is 5.92. The number of aryl methyl sites for hydroxylation is 1. The largest absolute Gasteiger partial charge is 0.495 e. The maximum Gasteiger partial charge on any atom is 0.143 e. The van der Waals surface area contributed by atoms with E-state index in [2.05, 4.69) is 5.32 Å². The lowest BCUT2D eigenvalue weighted by Crippen LogP contribution is -2.02. The molecule has 1 N–H and O–H groups in total. The maximum atomic E-state index is 6.08. The smallest absolute Gasteiger partial charge is 0.143 e. The predicted molar refractivity (Wildman–Crippen MR) is 81.5 cm³/mol. The van der Waals surface area contributed by atoms with Gasteiger partial charge in [-0.05, 0) is 36.2 Å². The third kappa shape index (κ3) is 3.55. The molecule has 0 heterocycles. The molecule has 0 aromatic heterocycles. The highest BCUT2D eigenvalue weighted by Gasteiger charge is 2.06. The molecule has 0 aliphatic carbocycles. The van der Waals surface area contributed by atoms with Gasteiger partial charge in [-0.3, -0.25) is 0 Å². The van der Waals surface area contributed by atoms with E-state index in [1.807, 2.05) is 43.3 Å². The second-order valence-corrected chi connectivity index (χ2v) is 5.13. The van der Waals surface area contributed by atoms with Crippen LogP contribution in [0.2, 0.25) is 10.0 Å². The minimum absolute atomic E-state index is 0.679. The van der Waals surface area contributed by atoms with Crippen LogP contribution in [0.3, 0.4) is 0 Å². The quantitative estimate of drug-likeness (QED) is 0.864. The van der Waals surface area contributed by atoms with E-state index >= 15 is 0 Å². The Hall–Kier alpha value is -1.38. The predicted octanol–water partition coefficient (Wildman–Crippen LogP) is 4.92. The van der Waals surface area contributed by atoms with Crippen molar-refractivity contribution in [1.82, 2.24) is 0 Å². The first kappa shape index (κ1) is 14.0. The van der Waals surface area contributed by atoms with Gasteiger partial charge in [-0.1, -0.05) is 35.3 Å². The van der Waals surface area contributed by atoms with E-state index in [-0.39, 0.29) is 0 Å². The van der Waals surface area contributed by atoms with Crippen LogP contribution < -0.4 is 10.1 Å². The van der Waals surface area contributed by atoms with Crippen molar-refractivity contribution in [2.75, 3.05) is 12.4 Å². The Balaban J connectivity index is 2.17. The number of anilines is 1. The summed E-state index contributed by atoms with van der Waals surface area (Å²) < 4.78 is 5.32. The Labute approximate surface area is 123 Å². The van der Waals surface area contributed by atoms with Gasteiger partial charge in [-0.15, -0.1) is 0 Å². The van der Waals surface area contributed by atoms with E-state index in [4.69, 9.17) is 27.9 Å². The van der Waals surface area contributed by atoms with Crippen LogP contribution in [0.1, 0.15) is 11.1 Å². The molecule has 0 aliphatic rings. The fraction of sp³-hybridized carbons (Fsp3) is 0.200. The van der Waals surface area contributed by atoms with Crippen molar-refractivity contribution < 1.29 is 4.74 Å². The Kier molecular flexibility index (Phi) is 4.56. The van der Waals surface area contributed by atoms with Crippen LogP contribution in [0.15, 0.2) is 36.4 Å². The van der Waals surface area contributed by atoms with E-state index in [1.165, 1.54) is 0 Å². The van der Waals surface area contributed by atoms with Crippen molar-refractivity contribution in [2.45, 2.75) is 13.5 Å². The van der Waals surface area contributed by atoms with Crippen LogP contribution in [0.4, 0.5) is 5.69 Å². The number of rotatable bonds is 4. The van der Waals surface area contributed by atoms with E-state index in [9.17, 15) is 0 Å². The Morgan fingerprint density at radius 1 is 1.16 bits per heavy atom. The number of hydrogen-bond acceptors (Lipinski definition) is 2. The Morgan fingerprint density at radius 2 is 1.95 bits per heavy atom. The summed E-state index contributed by atoms with van der Waals surface area (Å²) in [6.07, 6.45) is 0. The minimum Gasteiger partial charge on any atom is -0.495 e. The third-order valence-corrected chi connectivity index (χ3v) is 3.50. The number of nitrogens with one attached hydrogen (secondary N) is 1. The van der Waals surface area contributed by atoms with Crippen LogP contribution >= 0.6 is 23.2 Å². The Bertz CT molecular complexity index is 584. The molecule has 2 nitrogen and oxygen atoms in total. The monoisotopic (exact) mass is 295 g/mol. The molecule has 0 atom stereocenters. The lowest BCUT2D eigenvalue weighted by atomic mass is 10.2. The molecule has 2 aromatic rings. The lowest BCUT2D eigenvalue weighted by Gasteiger charge is -2.13. The van der Waals surface area contributed by atoms with Crippen molar-refractivity contribution in [1.29, 1.82) is 0 Å². The second-order valence-electron chi connectivity index (χ2n) is 4.29.